The first-order valence-electron chi connectivity index (χ1n) is 10.4. The van der Waals surface area contributed by atoms with Gasteiger partial charge in [-0.1, -0.05) is 23.2 Å². The minimum absolute atomic E-state index is 0.0797. The van der Waals surface area contributed by atoms with Crippen molar-refractivity contribution in [1.29, 1.82) is 5.26 Å². The monoisotopic (exact) mass is 453 g/mol. The highest BCUT2D eigenvalue weighted by Crippen LogP contribution is 2.33. The van der Waals surface area contributed by atoms with Crippen molar-refractivity contribution in [2.45, 2.75) is 63.7 Å². The third kappa shape index (κ3) is 5.51. The molecule has 0 saturated carbocycles. The molecule has 8 heteroatoms. The van der Waals surface area contributed by atoms with Crippen molar-refractivity contribution in [3.8, 4) is 11.8 Å². The van der Waals surface area contributed by atoms with E-state index in [1.54, 1.807) is 17.0 Å². The van der Waals surface area contributed by atoms with Gasteiger partial charge in [0.05, 0.1) is 16.1 Å². The van der Waals surface area contributed by atoms with Crippen molar-refractivity contribution in [1.82, 2.24) is 9.80 Å². The zero-order valence-electron chi connectivity index (χ0n) is 17.8. The summed E-state index contributed by atoms with van der Waals surface area (Å²) in [5, 5.41) is 11.0. The lowest BCUT2D eigenvalue weighted by atomic mass is 9.85. The Morgan fingerprint density at radius 2 is 1.77 bits per heavy atom. The van der Waals surface area contributed by atoms with Crippen molar-refractivity contribution in [3.05, 3.63) is 28.2 Å². The highest BCUT2D eigenvalue weighted by atomic mass is 35.5. The normalized spacial score (nSPS) is 20.5. The topological polar surface area (TPSA) is 65.8 Å². The second-order valence-corrected chi connectivity index (χ2v) is 9.81. The predicted octanol–water partition coefficient (Wildman–Crippen LogP) is 5.13. The molecule has 0 spiro atoms. The van der Waals surface area contributed by atoms with E-state index >= 15 is 0 Å². The lowest BCUT2D eigenvalue weighted by Crippen LogP contribution is -2.58. The number of rotatable bonds is 3. The minimum atomic E-state index is -0.535. The van der Waals surface area contributed by atoms with E-state index in [1.165, 1.54) is 0 Å². The Hall–Kier alpha value is -1.68. The van der Waals surface area contributed by atoms with Crippen LogP contribution in [-0.4, -0.2) is 59.3 Å². The molecule has 30 heavy (non-hydrogen) atoms. The highest BCUT2D eigenvalue weighted by Gasteiger charge is 2.43. The Morgan fingerprint density at radius 3 is 2.30 bits per heavy atom. The molecule has 2 heterocycles. The number of carbonyl (C=O) groups is 1. The van der Waals surface area contributed by atoms with E-state index in [2.05, 4.69) is 11.0 Å². The Morgan fingerprint density at radius 1 is 1.13 bits per heavy atom. The van der Waals surface area contributed by atoms with E-state index in [1.807, 2.05) is 26.8 Å². The first-order chi connectivity index (χ1) is 14.1. The molecule has 0 aromatic heterocycles. The molecule has 0 atom stereocenters. The van der Waals surface area contributed by atoms with Crippen LogP contribution in [0.4, 0.5) is 4.79 Å². The number of amides is 1. The van der Waals surface area contributed by atoms with E-state index in [-0.39, 0.29) is 12.2 Å². The van der Waals surface area contributed by atoms with Gasteiger partial charge in [-0.25, -0.2) is 4.79 Å². The summed E-state index contributed by atoms with van der Waals surface area (Å²) in [7, 11) is 0. The first kappa shape index (κ1) is 23.0. The Labute approximate surface area is 188 Å². The minimum Gasteiger partial charge on any atom is -0.490 e. The number of hydrogen-bond acceptors (Lipinski definition) is 5. The average molecular weight is 454 g/mol. The lowest BCUT2D eigenvalue weighted by Gasteiger charge is -2.46. The number of ether oxygens (including phenoxy) is 2. The molecule has 0 N–H and O–H groups in total. The molecule has 3 rings (SSSR count). The number of hydrogen-bond donors (Lipinski definition) is 0. The fourth-order valence-corrected chi connectivity index (χ4v) is 4.32. The second kappa shape index (κ2) is 9.21. The van der Waals surface area contributed by atoms with Crippen molar-refractivity contribution < 1.29 is 14.3 Å². The van der Waals surface area contributed by atoms with Crippen LogP contribution in [0.5, 0.6) is 5.75 Å². The maximum absolute atomic E-state index is 12.3. The molecular weight excluding hydrogens is 425 g/mol. The summed E-state index contributed by atoms with van der Waals surface area (Å²) in [4.78, 5) is 16.3. The van der Waals surface area contributed by atoms with Crippen LogP contribution in [0.1, 0.15) is 46.5 Å². The molecule has 0 bridgehead atoms. The van der Waals surface area contributed by atoms with Gasteiger partial charge in [0.1, 0.15) is 23.0 Å². The van der Waals surface area contributed by atoms with Gasteiger partial charge in [0.15, 0.2) is 0 Å². The van der Waals surface area contributed by atoms with Gasteiger partial charge >= 0.3 is 6.09 Å². The predicted molar refractivity (Wildman–Crippen MR) is 117 cm³/mol. The molecule has 0 unspecified atom stereocenters. The summed E-state index contributed by atoms with van der Waals surface area (Å²) >= 11 is 12.0. The van der Waals surface area contributed by atoms with Crippen LogP contribution in [0.25, 0.3) is 0 Å². The smallest absolute Gasteiger partial charge is 0.410 e. The first-order valence-corrected chi connectivity index (χ1v) is 11.1. The lowest BCUT2D eigenvalue weighted by molar-refractivity contribution is -0.00539. The standard InChI is InChI=1S/C22H29Cl2N3O3/c1-21(2,3)30-20(28)26-12-8-22(15-25,9-13-26)27-10-6-16(7-11-27)29-17-4-5-18(23)19(24)14-17/h4-5,14,16H,6-13H2,1-3H3. The van der Waals surface area contributed by atoms with Gasteiger partial charge in [-0.2, -0.15) is 5.26 Å². The number of nitrogens with zero attached hydrogens (tertiary/aromatic N) is 3. The van der Waals surface area contributed by atoms with Gasteiger partial charge < -0.3 is 14.4 Å². The number of piperidine rings is 2. The van der Waals surface area contributed by atoms with Gasteiger partial charge in [-0.15, -0.1) is 0 Å². The highest BCUT2D eigenvalue weighted by molar-refractivity contribution is 6.42. The Kier molecular flexibility index (Phi) is 7.06. The van der Waals surface area contributed by atoms with E-state index < -0.39 is 11.1 Å². The van der Waals surface area contributed by atoms with E-state index in [9.17, 15) is 10.1 Å². The van der Waals surface area contributed by atoms with Crippen molar-refractivity contribution >= 4 is 29.3 Å². The van der Waals surface area contributed by atoms with E-state index in [4.69, 9.17) is 32.7 Å². The summed E-state index contributed by atoms with van der Waals surface area (Å²) in [5.41, 5.74) is -1.05. The molecular formula is C22H29Cl2N3O3. The summed E-state index contributed by atoms with van der Waals surface area (Å²) in [5.74, 6) is 0.712. The van der Waals surface area contributed by atoms with Crippen molar-refractivity contribution in [3.63, 3.8) is 0 Å². The largest absolute Gasteiger partial charge is 0.490 e. The van der Waals surface area contributed by atoms with Crippen molar-refractivity contribution in [2.75, 3.05) is 26.2 Å². The number of carbonyl (C=O) groups excluding carboxylic acids is 1. The third-order valence-corrected chi connectivity index (χ3v) is 6.43. The Balaban J connectivity index is 1.53. The van der Waals surface area contributed by atoms with E-state index in [0.29, 0.717) is 41.7 Å². The molecule has 164 valence electrons. The van der Waals surface area contributed by atoms with Crippen LogP contribution in [0, 0.1) is 11.3 Å². The molecule has 0 radical (unpaired) electrons. The summed E-state index contributed by atoms with van der Waals surface area (Å²) in [6, 6.07) is 7.84. The van der Waals surface area contributed by atoms with Crippen LogP contribution >= 0.6 is 23.2 Å². The van der Waals surface area contributed by atoms with Gasteiger partial charge in [-0.05, 0) is 58.6 Å². The van der Waals surface area contributed by atoms with Gasteiger partial charge in [0.2, 0.25) is 0 Å². The number of nitriles is 1. The molecule has 1 aromatic carbocycles. The summed E-state index contributed by atoms with van der Waals surface area (Å²) < 4.78 is 11.5. The summed E-state index contributed by atoms with van der Waals surface area (Å²) in [6.45, 7) is 8.21. The molecule has 2 saturated heterocycles. The fraction of sp³-hybridized carbons (Fsp3) is 0.636. The third-order valence-electron chi connectivity index (χ3n) is 5.69. The van der Waals surface area contributed by atoms with Crippen molar-refractivity contribution in [2.24, 2.45) is 0 Å². The second-order valence-electron chi connectivity index (χ2n) is 8.99. The van der Waals surface area contributed by atoms with Crippen LogP contribution in [0.2, 0.25) is 10.0 Å². The molecule has 0 aliphatic carbocycles. The van der Waals surface area contributed by atoms with Crippen LogP contribution in [0.15, 0.2) is 18.2 Å². The summed E-state index contributed by atoms with van der Waals surface area (Å²) in [6.07, 6.45) is 2.69. The quantitative estimate of drug-likeness (QED) is 0.634. The molecule has 2 aliphatic rings. The molecule has 2 aliphatic heterocycles. The van der Waals surface area contributed by atoms with Gasteiger partial charge in [0.25, 0.3) is 0 Å². The van der Waals surface area contributed by atoms with Crippen LogP contribution < -0.4 is 4.74 Å². The number of likely N-dealkylation sites (tertiary alicyclic amines) is 2. The SMILES string of the molecule is CC(C)(C)OC(=O)N1CCC(C#N)(N2CCC(Oc3ccc(Cl)c(Cl)c3)CC2)CC1. The van der Waals surface area contributed by atoms with Crippen LogP contribution in [0.3, 0.4) is 0 Å². The van der Waals surface area contributed by atoms with Gasteiger partial charge in [0, 0.05) is 32.2 Å². The average Bonchev–Trinajstić information content (AvgIpc) is 2.70. The molecule has 6 nitrogen and oxygen atoms in total. The van der Waals surface area contributed by atoms with Crippen LogP contribution in [-0.2, 0) is 4.74 Å². The maximum Gasteiger partial charge on any atom is 0.410 e. The zero-order chi connectivity index (χ0) is 21.9. The maximum atomic E-state index is 12.3. The molecule has 2 fully saturated rings. The zero-order valence-corrected chi connectivity index (χ0v) is 19.3. The molecule has 1 amide bonds. The number of halogens is 2. The Bertz CT molecular complexity index is 803. The van der Waals surface area contributed by atoms with Gasteiger partial charge in [-0.3, -0.25) is 4.90 Å². The number of benzene rings is 1. The van der Waals surface area contributed by atoms with E-state index in [0.717, 1.165) is 25.9 Å². The molecule has 1 aromatic rings. The fourth-order valence-electron chi connectivity index (χ4n) is 4.03.